The highest BCUT2D eigenvalue weighted by molar-refractivity contribution is 5.91. The molecule has 2 aliphatic heterocycles. The van der Waals surface area contributed by atoms with E-state index in [2.05, 4.69) is 10.3 Å². The third-order valence-corrected chi connectivity index (χ3v) is 4.45. The minimum absolute atomic E-state index is 0.121. The van der Waals surface area contributed by atoms with Crippen LogP contribution in [0.3, 0.4) is 0 Å². The average Bonchev–Trinajstić information content (AvgIpc) is 2.96. The van der Waals surface area contributed by atoms with Crippen molar-refractivity contribution < 1.29 is 23.0 Å². The molecule has 5 nitrogen and oxygen atoms in total. The molecule has 1 aromatic carbocycles. The zero-order valence-electron chi connectivity index (χ0n) is 13.1. The van der Waals surface area contributed by atoms with Crippen molar-refractivity contribution in [1.29, 1.82) is 0 Å². The molecule has 2 aromatic rings. The van der Waals surface area contributed by atoms with E-state index in [1.807, 2.05) is 0 Å². The fourth-order valence-corrected chi connectivity index (χ4v) is 3.22. The predicted molar refractivity (Wildman–Crippen MR) is 83.8 cm³/mol. The average molecular weight is 336 g/mol. The lowest BCUT2D eigenvalue weighted by Gasteiger charge is -2.31. The van der Waals surface area contributed by atoms with Gasteiger partial charge in [0.25, 0.3) is 0 Å². The van der Waals surface area contributed by atoms with Crippen molar-refractivity contribution in [2.75, 3.05) is 31.7 Å². The molecule has 7 heteroatoms. The summed E-state index contributed by atoms with van der Waals surface area (Å²) in [7, 11) is 0. The Balaban J connectivity index is 1.48. The summed E-state index contributed by atoms with van der Waals surface area (Å²) >= 11 is 0. The number of hydrogen-bond donors (Lipinski definition) is 1. The van der Waals surface area contributed by atoms with Gasteiger partial charge < -0.3 is 19.5 Å². The standard InChI is InChI=1S/C17H18F2N2O3/c18-11-7-13-15(1-4-20-16(13)14(19)8-11)21-9-12-10-23-17(24-12)2-5-22-6-3-17/h1,4,7-8,12H,2-3,5-6,9-10H2,(H,20,21). The molecule has 0 amide bonds. The van der Waals surface area contributed by atoms with Gasteiger partial charge in [0.15, 0.2) is 11.6 Å². The molecular formula is C17H18F2N2O3. The topological polar surface area (TPSA) is 52.6 Å². The van der Waals surface area contributed by atoms with E-state index in [9.17, 15) is 8.78 Å². The highest BCUT2D eigenvalue weighted by Gasteiger charge is 2.42. The Hall–Kier alpha value is -1.83. The number of pyridine rings is 1. The second-order valence-electron chi connectivity index (χ2n) is 6.10. The van der Waals surface area contributed by atoms with Crippen LogP contribution in [-0.2, 0) is 14.2 Å². The lowest BCUT2D eigenvalue weighted by molar-refractivity contribution is -0.209. The molecule has 1 atom stereocenters. The van der Waals surface area contributed by atoms with Gasteiger partial charge in [-0.2, -0.15) is 0 Å². The fourth-order valence-electron chi connectivity index (χ4n) is 3.22. The van der Waals surface area contributed by atoms with Gasteiger partial charge in [-0.15, -0.1) is 0 Å². The summed E-state index contributed by atoms with van der Waals surface area (Å²) in [6.07, 6.45) is 2.82. The molecular weight excluding hydrogens is 318 g/mol. The number of halogens is 2. The van der Waals surface area contributed by atoms with Crippen molar-refractivity contribution in [3.05, 3.63) is 36.0 Å². The van der Waals surface area contributed by atoms with Gasteiger partial charge in [0.1, 0.15) is 17.4 Å². The third-order valence-electron chi connectivity index (χ3n) is 4.45. The number of benzene rings is 1. The minimum atomic E-state index is -0.671. The Morgan fingerprint density at radius 2 is 2.08 bits per heavy atom. The molecule has 24 heavy (non-hydrogen) atoms. The van der Waals surface area contributed by atoms with Crippen LogP contribution in [0, 0.1) is 11.6 Å². The summed E-state index contributed by atoms with van der Waals surface area (Å²) < 4.78 is 44.5. The first kappa shape index (κ1) is 15.7. The van der Waals surface area contributed by atoms with Crippen LogP contribution in [0.2, 0.25) is 0 Å². The number of anilines is 1. The number of ether oxygens (including phenoxy) is 3. The van der Waals surface area contributed by atoms with E-state index in [0.29, 0.717) is 37.4 Å². The number of nitrogens with zero attached hydrogens (tertiary/aromatic N) is 1. The Kier molecular flexibility index (Phi) is 4.07. The summed E-state index contributed by atoms with van der Waals surface area (Å²) in [5.74, 6) is -1.84. The molecule has 2 aliphatic rings. The summed E-state index contributed by atoms with van der Waals surface area (Å²) in [6.45, 7) is 2.24. The first-order valence-electron chi connectivity index (χ1n) is 8.02. The number of rotatable bonds is 3. The maximum absolute atomic E-state index is 13.8. The van der Waals surface area contributed by atoms with E-state index in [1.165, 1.54) is 12.3 Å². The Bertz CT molecular complexity index is 750. The second kappa shape index (κ2) is 6.23. The molecule has 0 aliphatic carbocycles. The van der Waals surface area contributed by atoms with Crippen molar-refractivity contribution >= 4 is 16.6 Å². The zero-order valence-corrected chi connectivity index (χ0v) is 13.1. The molecule has 4 rings (SSSR count). The van der Waals surface area contributed by atoms with Crippen LogP contribution >= 0.6 is 0 Å². The molecule has 0 saturated carbocycles. The Morgan fingerprint density at radius 3 is 2.92 bits per heavy atom. The summed E-state index contributed by atoms with van der Waals surface area (Å²) in [5, 5.41) is 3.61. The van der Waals surface area contributed by atoms with Crippen LogP contribution in [-0.4, -0.2) is 43.2 Å². The van der Waals surface area contributed by atoms with Crippen molar-refractivity contribution in [2.24, 2.45) is 0 Å². The van der Waals surface area contributed by atoms with Crippen LogP contribution in [0.1, 0.15) is 12.8 Å². The van der Waals surface area contributed by atoms with Gasteiger partial charge in [-0.05, 0) is 12.1 Å². The molecule has 2 fully saturated rings. The monoisotopic (exact) mass is 336 g/mol. The van der Waals surface area contributed by atoms with Gasteiger partial charge >= 0.3 is 0 Å². The molecule has 1 unspecified atom stereocenters. The van der Waals surface area contributed by atoms with Crippen LogP contribution in [0.25, 0.3) is 10.9 Å². The fraction of sp³-hybridized carbons (Fsp3) is 0.471. The Morgan fingerprint density at radius 1 is 1.25 bits per heavy atom. The van der Waals surface area contributed by atoms with E-state index in [1.54, 1.807) is 6.07 Å². The summed E-state index contributed by atoms with van der Waals surface area (Å²) in [5.41, 5.74) is 0.765. The van der Waals surface area contributed by atoms with Crippen molar-refractivity contribution in [3.8, 4) is 0 Å². The maximum Gasteiger partial charge on any atom is 0.173 e. The lowest BCUT2D eigenvalue weighted by atomic mass is 10.1. The van der Waals surface area contributed by atoms with Crippen molar-refractivity contribution in [3.63, 3.8) is 0 Å². The van der Waals surface area contributed by atoms with Gasteiger partial charge in [0, 0.05) is 42.7 Å². The summed E-state index contributed by atoms with van der Waals surface area (Å²) in [4.78, 5) is 3.98. The molecule has 1 N–H and O–H groups in total. The molecule has 128 valence electrons. The van der Waals surface area contributed by atoms with Gasteiger partial charge in [-0.25, -0.2) is 8.78 Å². The van der Waals surface area contributed by atoms with E-state index < -0.39 is 17.4 Å². The largest absolute Gasteiger partial charge is 0.382 e. The summed E-state index contributed by atoms with van der Waals surface area (Å²) in [6, 6.07) is 3.81. The molecule has 1 spiro atoms. The van der Waals surface area contributed by atoms with Gasteiger partial charge in [0.2, 0.25) is 0 Å². The number of hydrogen-bond acceptors (Lipinski definition) is 5. The van der Waals surface area contributed by atoms with Crippen LogP contribution < -0.4 is 5.32 Å². The van der Waals surface area contributed by atoms with E-state index in [-0.39, 0.29) is 11.6 Å². The maximum atomic E-state index is 13.8. The molecule has 0 radical (unpaired) electrons. The molecule has 2 saturated heterocycles. The Labute approximate surface area is 137 Å². The lowest BCUT2D eigenvalue weighted by Crippen LogP contribution is -2.38. The number of fused-ring (bicyclic) bond motifs is 1. The quantitative estimate of drug-likeness (QED) is 0.934. The van der Waals surface area contributed by atoms with Gasteiger partial charge in [-0.1, -0.05) is 0 Å². The highest BCUT2D eigenvalue weighted by Crippen LogP contribution is 2.33. The molecule has 1 aromatic heterocycles. The minimum Gasteiger partial charge on any atom is -0.382 e. The number of nitrogens with one attached hydrogen (secondary N) is 1. The van der Waals surface area contributed by atoms with Crippen LogP contribution in [0.4, 0.5) is 14.5 Å². The van der Waals surface area contributed by atoms with Crippen LogP contribution in [0.15, 0.2) is 24.4 Å². The van der Waals surface area contributed by atoms with Crippen LogP contribution in [0.5, 0.6) is 0 Å². The smallest absolute Gasteiger partial charge is 0.173 e. The first-order chi connectivity index (χ1) is 11.7. The van der Waals surface area contributed by atoms with Gasteiger partial charge in [0.05, 0.1) is 19.8 Å². The van der Waals surface area contributed by atoms with Crippen molar-refractivity contribution in [1.82, 2.24) is 4.98 Å². The SMILES string of the molecule is Fc1cc(F)c2nccc(NCC3COC4(CCOCC4)O3)c2c1. The molecule has 3 heterocycles. The van der Waals surface area contributed by atoms with E-state index >= 15 is 0 Å². The van der Waals surface area contributed by atoms with E-state index in [4.69, 9.17) is 14.2 Å². The highest BCUT2D eigenvalue weighted by atomic mass is 19.1. The molecule has 0 bridgehead atoms. The zero-order chi connectivity index (χ0) is 16.6. The first-order valence-corrected chi connectivity index (χ1v) is 8.02. The van der Waals surface area contributed by atoms with E-state index in [0.717, 1.165) is 18.9 Å². The number of aromatic nitrogens is 1. The predicted octanol–water partition coefficient (Wildman–Crippen LogP) is 2.85. The van der Waals surface area contributed by atoms with Gasteiger partial charge in [-0.3, -0.25) is 4.98 Å². The third kappa shape index (κ3) is 2.94. The van der Waals surface area contributed by atoms with Crippen molar-refractivity contribution in [2.45, 2.75) is 24.7 Å². The normalized spacial score (nSPS) is 23.0. The second-order valence-corrected chi connectivity index (χ2v) is 6.10.